The number of aryl methyl sites for hydroxylation is 1. The molecule has 3 rings (SSSR count). The van der Waals surface area contributed by atoms with Crippen molar-refractivity contribution in [3.63, 3.8) is 0 Å². The number of rotatable bonds is 5. The first-order valence-corrected chi connectivity index (χ1v) is 13.0. The third-order valence-corrected chi connectivity index (χ3v) is 8.18. The summed E-state index contributed by atoms with van der Waals surface area (Å²) in [7, 11) is -3.60. The molecule has 0 radical (unpaired) electrons. The first-order valence-electron chi connectivity index (χ1n) is 11.5. The molecule has 32 heavy (non-hydrogen) atoms. The second-order valence-corrected chi connectivity index (χ2v) is 11.8. The lowest BCUT2D eigenvalue weighted by Crippen LogP contribution is -2.32. The van der Waals surface area contributed by atoms with Gasteiger partial charge in [0.1, 0.15) is 0 Å². The molecule has 2 aromatic rings. The maximum atomic E-state index is 13.2. The number of sulfonamides is 1. The fourth-order valence-corrected chi connectivity index (χ4v) is 5.61. The highest BCUT2D eigenvalue weighted by Crippen LogP contribution is 2.25. The molecule has 0 unspecified atom stereocenters. The molecule has 1 N–H and O–H groups in total. The Balaban J connectivity index is 1.79. The Morgan fingerprint density at radius 1 is 0.969 bits per heavy atom. The lowest BCUT2D eigenvalue weighted by atomic mass is 9.86. The number of amides is 1. The monoisotopic (exact) mass is 456 g/mol. The fraction of sp³-hybridized carbons (Fsp3) is 0.500. The van der Waals surface area contributed by atoms with Crippen molar-refractivity contribution in [2.45, 2.75) is 76.7 Å². The number of hydrogen-bond donors (Lipinski definition) is 1. The van der Waals surface area contributed by atoms with E-state index in [1.165, 1.54) is 11.6 Å². The van der Waals surface area contributed by atoms with Crippen LogP contribution in [0.3, 0.4) is 0 Å². The van der Waals surface area contributed by atoms with Crippen molar-refractivity contribution < 1.29 is 13.2 Å². The van der Waals surface area contributed by atoms with Gasteiger partial charge in [-0.3, -0.25) is 4.79 Å². The summed E-state index contributed by atoms with van der Waals surface area (Å²) in [6, 6.07) is 12.9. The van der Waals surface area contributed by atoms with Crippen molar-refractivity contribution in [3.05, 3.63) is 64.7 Å². The third kappa shape index (κ3) is 5.59. The van der Waals surface area contributed by atoms with Gasteiger partial charge in [0.2, 0.25) is 10.0 Å². The molecule has 0 aromatic heterocycles. The minimum atomic E-state index is -3.60. The predicted octanol–water partition coefficient (Wildman–Crippen LogP) is 5.35. The maximum Gasteiger partial charge on any atom is 0.252 e. The quantitative estimate of drug-likeness (QED) is 0.660. The molecule has 1 heterocycles. The molecule has 1 amide bonds. The Labute approximate surface area is 193 Å². The van der Waals surface area contributed by atoms with Crippen LogP contribution in [0.5, 0.6) is 0 Å². The average Bonchev–Trinajstić information content (AvgIpc) is 3.03. The number of hydrogen-bond acceptors (Lipinski definition) is 3. The van der Waals surface area contributed by atoms with E-state index in [9.17, 15) is 13.2 Å². The molecule has 0 saturated carbocycles. The second-order valence-electron chi connectivity index (χ2n) is 9.86. The molecule has 1 atom stereocenters. The van der Waals surface area contributed by atoms with Crippen LogP contribution in [0.2, 0.25) is 0 Å². The summed E-state index contributed by atoms with van der Waals surface area (Å²) >= 11 is 0. The van der Waals surface area contributed by atoms with Gasteiger partial charge in [-0.2, -0.15) is 4.31 Å². The van der Waals surface area contributed by atoms with Crippen molar-refractivity contribution >= 4 is 15.9 Å². The van der Waals surface area contributed by atoms with E-state index >= 15 is 0 Å². The SMILES string of the molecule is Cc1ccc(S(=O)(=O)N2CCCCCC2)cc1C(=O)N[C@@H](C)c1ccc(C(C)(C)C)cc1. The minimum Gasteiger partial charge on any atom is -0.346 e. The molecule has 2 aromatic carbocycles. The summed E-state index contributed by atoms with van der Waals surface area (Å²) in [5, 5.41) is 3.03. The summed E-state index contributed by atoms with van der Waals surface area (Å²) in [5.74, 6) is -0.261. The first kappa shape index (κ1) is 24.5. The van der Waals surface area contributed by atoms with Crippen LogP contribution in [0.25, 0.3) is 0 Å². The summed E-state index contributed by atoms with van der Waals surface area (Å²) in [6.07, 6.45) is 3.87. The molecular weight excluding hydrogens is 420 g/mol. The fourth-order valence-electron chi connectivity index (χ4n) is 4.07. The molecule has 174 valence electrons. The van der Waals surface area contributed by atoms with Gasteiger partial charge in [0.25, 0.3) is 5.91 Å². The minimum absolute atomic E-state index is 0.0709. The van der Waals surface area contributed by atoms with Crippen molar-refractivity contribution in [3.8, 4) is 0 Å². The molecular formula is C26H36N2O3S. The lowest BCUT2D eigenvalue weighted by Gasteiger charge is -2.22. The molecule has 6 heteroatoms. The van der Waals surface area contributed by atoms with Gasteiger partial charge >= 0.3 is 0 Å². The zero-order chi connectivity index (χ0) is 23.5. The molecule has 1 aliphatic rings. The van der Waals surface area contributed by atoms with Gasteiger partial charge in [0, 0.05) is 18.7 Å². The molecule has 0 bridgehead atoms. The van der Waals surface area contributed by atoms with E-state index in [1.807, 2.05) is 26.0 Å². The number of carbonyl (C=O) groups excluding carboxylic acids is 1. The Morgan fingerprint density at radius 2 is 1.56 bits per heavy atom. The maximum absolute atomic E-state index is 13.2. The summed E-state index contributed by atoms with van der Waals surface area (Å²) in [6.45, 7) is 11.4. The molecule has 1 saturated heterocycles. The summed E-state index contributed by atoms with van der Waals surface area (Å²) < 4.78 is 27.9. The van der Waals surface area contributed by atoms with E-state index in [0.29, 0.717) is 18.7 Å². The zero-order valence-electron chi connectivity index (χ0n) is 19.9. The lowest BCUT2D eigenvalue weighted by molar-refractivity contribution is 0.0939. The van der Waals surface area contributed by atoms with E-state index in [4.69, 9.17) is 0 Å². The van der Waals surface area contributed by atoms with Crippen LogP contribution in [-0.2, 0) is 15.4 Å². The van der Waals surface area contributed by atoms with E-state index in [1.54, 1.807) is 16.4 Å². The van der Waals surface area contributed by atoms with Gasteiger partial charge in [0.15, 0.2) is 0 Å². The van der Waals surface area contributed by atoms with Crippen LogP contribution >= 0.6 is 0 Å². The highest BCUT2D eigenvalue weighted by molar-refractivity contribution is 7.89. The van der Waals surface area contributed by atoms with Gasteiger partial charge < -0.3 is 5.32 Å². The van der Waals surface area contributed by atoms with Crippen molar-refractivity contribution in [1.82, 2.24) is 9.62 Å². The number of carbonyl (C=O) groups is 1. The number of benzene rings is 2. The Kier molecular flexibility index (Phi) is 7.46. The van der Waals surface area contributed by atoms with Gasteiger partial charge in [-0.05, 0) is 60.9 Å². The molecule has 1 fully saturated rings. The van der Waals surface area contributed by atoms with Gasteiger partial charge in [-0.25, -0.2) is 8.42 Å². The van der Waals surface area contributed by atoms with Gasteiger partial charge in [-0.1, -0.05) is 63.9 Å². The highest BCUT2D eigenvalue weighted by atomic mass is 32.2. The zero-order valence-corrected chi connectivity index (χ0v) is 20.8. The van der Waals surface area contributed by atoms with E-state index in [-0.39, 0.29) is 22.3 Å². The normalized spacial score (nSPS) is 16.9. The average molecular weight is 457 g/mol. The third-order valence-electron chi connectivity index (χ3n) is 6.28. The molecule has 1 aliphatic heterocycles. The predicted molar refractivity (Wildman–Crippen MR) is 129 cm³/mol. The van der Waals surface area contributed by atoms with Crippen LogP contribution in [0, 0.1) is 6.92 Å². The van der Waals surface area contributed by atoms with Crippen molar-refractivity contribution in [2.24, 2.45) is 0 Å². The molecule has 0 spiro atoms. The molecule has 5 nitrogen and oxygen atoms in total. The van der Waals surface area contributed by atoms with Gasteiger partial charge in [-0.15, -0.1) is 0 Å². The van der Waals surface area contributed by atoms with Gasteiger partial charge in [0.05, 0.1) is 10.9 Å². The first-order chi connectivity index (χ1) is 15.0. The van der Waals surface area contributed by atoms with Crippen molar-refractivity contribution in [1.29, 1.82) is 0 Å². The number of nitrogens with one attached hydrogen (secondary N) is 1. The highest BCUT2D eigenvalue weighted by Gasteiger charge is 2.26. The molecule has 0 aliphatic carbocycles. The Bertz CT molecular complexity index is 1050. The van der Waals surface area contributed by atoms with Crippen LogP contribution < -0.4 is 5.32 Å². The Morgan fingerprint density at radius 3 is 2.12 bits per heavy atom. The van der Waals surface area contributed by atoms with Crippen LogP contribution in [0.4, 0.5) is 0 Å². The van der Waals surface area contributed by atoms with Crippen LogP contribution in [-0.4, -0.2) is 31.7 Å². The van der Waals surface area contributed by atoms with E-state index in [2.05, 4.69) is 38.2 Å². The largest absolute Gasteiger partial charge is 0.346 e. The van der Waals surface area contributed by atoms with Crippen molar-refractivity contribution in [2.75, 3.05) is 13.1 Å². The standard InChI is InChI=1S/C26H36N2O3S/c1-19-10-15-23(32(30,31)28-16-8-6-7-9-17-28)18-24(19)25(29)27-20(2)21-11-13-22(14-12-21)26(3,4)5/h10-15,18,20H,6-9,16-17H2,1-5H3,(H,27,29)/t20-/m0/s1. The van der Waals surface area contributed by atoms with E-state index < -0.39 is 10.0 Å². The van der Waals surface area contributed by atoms with Crippen LogP contribution in [0.15, 0.2) is 47.4 Å². The second kappa shape index (κ2) is 9.75. The summed E-state index contributed by atoms with van der Waals surface area (Å²) in [4.78, 5) is 13.3. The topological polar surface area (TPSA) is 66.5 Å². The van der Waals surface area contributed by atoms with Crippen LogP contribution in [0.1, 0.15) is 86.5 Å². The smallest absolute Gasteiger partial charge is 0.252 e. The number of nitrogens with zero attached hydrogens (tertiary/aromatic N) is 1. The summed E-state index contributed by atoms with van der Waals surface area (Å²) in [5.41, 5.74) is 3.48. The Hall–Kier alpha value is -2.18. The van der Waals surface area contributed by atoms with E-state index in [0.717, 1.165) is 36.8 Å².